The maximum Gasteiger partial charge on any atom is 0.131 e. The number of ketones is 1. The van der Waals surface area contributed by atoms with E-state index in [1.807, 2.05) is 36.5 Å². The van der Waals surface area contributed by atoms with Gasteiger partial charge >= 0.3 is 0 Å². The normalized spacial score (nSPS) is 10.8. The van der Waals surface area contributed by atoms with Gasteiger partial charge in [0.25, 0.3) is 0 Å². The van der Waals surface area contributed by atoms with Crippen molar-refractivity contribution in [3.8, 4) is 5.75 Å². The third kappa shape index (κ3) is 3.37. The van der Waals surface area contributed by atoms with Gasteiger partial charge in [-0.3, -0.25) is 4.79 Å². The fourth-order valence-electron chi connectivity index (χ4n) is 2.48. The average Bonchev–Trinajstić information content (AvgIpc) is 2.94. The van der Waals surface area contributed by atoms with E-state index in [4.69, 9.17) is 4.74 Å². The summed E-state index contributed by atoms with van der Waals surface area (Å²) in [5.74, 6) is 1.07. The van der Waals surface area contributed by atoms with E-state index >= 15 is 0 Å². The maximum absolute atomic E-state index is 11.1. The number of hydrogen-bond acceptors (Lipinski definition) is 2. The second-order valence-electron chi connectivity index (χ2n) is 5.46. The van der Waals surface area contributed by atoms with E-state index in [1.165, 1.54) is 0 Å². The summed E-state index contributed by atoms with van der Waals surface area (Å²) in [6.45, 7) is 2.92. The number of carbonyl (C=O) groups is 1. The molecular weight excluding hydrogens is 274 g/mol. The second-order valence-corrected chi connectivity index (χ2v) is 5.46. The van der Waals surface area contributed by atoms with Crippen LogP contribution in [-0.4, -0.2) is 10.4 Å². The summed E-state index contributed by atoms with van der Waals surface area (Å²) in [4.78, 5) is 11.1. The first-order valence-electron chi connectivity index (χ1n) is 7.47. The van der Waals surface area contributed by atoms with Gasteiger partial charge in [0, 0.05) is 30.1 Å². The van der Waals surface area contributed by atoms with E-state index in [0.717, 1.165) is 28.8 Å². The highest BCUT2D eigenvalue weighted by molar-refractivity contribution is 5.82. The minimum atomic E-state index is 0.213. The Bertz CT molecular complexity index is 774. The van der Waals surface area contributed by atoms with Crippen LogP contribution in [0.4, 0.5) is 0 Å². The molecular formula is C19H19NO2. The zero-order valence-electron chi connectivity index (χ0n) is 12.7. The summed E-state index contributed by atoms with van der Waals surface area (Å²) < 4.78 is 7.95. The molecule has 0 bridgehead atoms. The van der Waals surface area contributed by atoms with Crippen LogP contribution in [0.2, 0.25) is 0 Å². The Morgan fingerprint density at radius 2 is 1.91 bits per heavy atom. The third-order valence-electron chi connectivity index (χ3n) is 3.70. The molecule has 0 N–H and O–H groups in total. The van der Waals surface area contributed by atoms with Crippen LogP contribution in [0.5, 0.6) is 5.75 Å². The van der Waals surface area contributed by atoms with Crippen LogP contribution in [0.25, 0.3) is 10.9 Å². The van der Waals surface area contributed by atoms with Crippen molar-refractivity contribution >= 4 is 16.7 Å². The highest BCUT2D eigenvalue weighted by atomic mass is 16.5. The van der Waals surface area contributed by atoms with E-state index in [0.29, 0.717) is 13.0 Å². The smallest absolute Gasteiger partial charge is 0.131 e. The molecule has 3 nitrogen and oxygen atoms in total. The fraction of sp³-hybridized carbons (Fsp3) is 0.211. The summed E-state index contributed by atoms with van der Waals surface area (Å²) in [6.07, 6.45) is 2.59. The molecule has 0 spiro atoms. The Balaban J connectivity index is 1.72. The number of hydrogen-bond donors (Lipinski definition) is 0. The molecule has 0 aliphatic carbocycles. The summed E-state index contributed by atoms with van der Waals surface area (Å²) in [5, 5.41) is 1.13. The molecule has 0 aliphatic rings. The van der Waals surface area contributed by atoms with Crippen LogP contribution >= 0.6 is 0 Å². The zero-order chi connectivity index (χ0) is 15.4. The van der Waals surface area contributed by atoms with Crippen LogP contribution in [0.1, 0.15) is 18.9 Å². The van der Waals surface area contributed by atoms with Gasteiger partial charge in [0.1, 0.15) is 18.1 Å². The van der Waals surface area contributed by atoms with Crippen molar-refractivity contribution in [2.75, 3.05) is 0 Å². The van der Waals surface area contributed by atoms with Crippen molar-refractivity contribution in [3.63, 3.8) is 0 Å². The first kappa shape index (κ1) is 14.4. The summed E-state index contributed by atoms with van der Waals surface area (Å²) >= 11 is 0. The second kappa shape index (κ2) is 6.48. The van der Waals surface area contributed by atoms with Gasteiger partial charge in [-0.2, -0.15) is 0 Å². The van der Waals surface area contributed by atoms with Gasteiger partial charge in [0.05, 0.1) is 0 Å². The Kier molecular flexibility index (Phi) is 4.24. The monoisotopic (exact) mass is 293 g/mol. The Labute approximate surface area is 130 Å². The largest absolute Gasteiger partial charge is 0.489 e. The molecule has 2 aromatic carbocycles. The molecule has 0 unspecified atom stereocenters. The molecule has 0 fully saturated rings. The van der Waals surface area contributed by atoms with E-state index in [-0.39, 0.29) is 5.78 Å². The molecule has 0 saturated carbocycles. The van der Waals surface area contributed by atoms with Crippen molar-refractivity contribution in [1.29, 1.82) is 0 Å². The first-order chi connectivity index (χ1) is 10.7. The lowest BCUT2D eigenvalue weighted by Gasteiger charge is -2.08. The van der Waals surface area contributed by atoms with Crippen LogP contribution < -0.4 is 4.74 Å². The van der Waals surface area contributed by atoms with Crippen LogP contribution in [0.15, 0.2) is 60.8 Å². The van der Waals surface area contributed by atoms with Crippen molar-refractivity contribution in [2.45, 2.75) is 26.5 Å². The maximum atomic E-state index is 11.1. The lowest BCUT2D eigenvalue weighted by Crippen LogP contribution is -2.01. The molecule has 0 amide bonds. The Morgan fingerprint density at radius 1 is 1.09 bits per heavy atom. The number of benzene rings is 2. The van der Waals surface area contributed by atoms with Crippen molar-refractivity contribution in [3.05, 3.63) is 66.4 Å². The highest BCUT2D eigenvalue weighted by Gasteiger charge is 2.04. The minimum absolute atomic E-state index is 0.213. The van der Waals surface area contributed by atoms with E-state index in [9.17, 15) is 4.79 Å². The van der Waals surface area contributed by atoms with Gasteiger partial charge in [0.15, 0.2) is 0 Å². The van der Waals surface area contributed by atoms with Crippen molar-refractivity contribution < 1.29 is 9.53 Å². The van der Waals surface area contributed by atoms with Gasteiger partial charge in [0.2, 0.25) is 0 Å². The molecule has 1 heterocycles. The highest BCUT2D eigenvalue weighted by Crippen LogP contribution is 2.23. The van der Waals surface area contributed by atoms with Gasteiger partial charge in [-0.05, 0) is 36.8 Å². The average molecular weight is 293 g/mol. The number of fused-ring (bicyclic) bond motifs is 1. The molecule has 3 rings (SSSR count). The standard InChI is InChI=1S/C19H19NO2/c1-15(21)9-11-20-12-10-17-13-18(7-8-19(17)20)22-14-16-5-3-2-4-6-16/h2-8,10,12-13H,9,11,14H2,1H3. The topological polar surface area (TPSA) is 31.2 Å². The quantitative estimate of drug-likeness (QED) is 0.682. The number of nitrogens with zero attached hydrogens (tertiary/aromatic N) is 1. The molecule has 0 aliphatic heterocycles. The van der Waals surface area contributed by atoms with Crippen molar-refractivity contribution in [2.24, 2.45) is 0 Å². The lowest BCUT2D eigenvalue weighted by atomic mass is 10.2. The minimum Gasteiger partial charge on any atom is -0.489 e. The molecule has 3 heteroatoms. The van der Waals surface area contributed by atoms with Gasteiger partial charge in [-0.25, -0.2) is 0 Å². The molecule has 22 heavy (non-hydrogen) atoms. The fourth-order valence-corrected chi connectivity index (χ4v) is 2.48. The molecule has 1 aromatic heterocycles. The number of rotatable bonds is 6. The Hall–Kier alpha value is -2.55. The summed E-state index contributed by atoms with van der Waals surface area (Å²) in [5.41, 5.74) is 2.29. The first-order valence-corrected chi connectivity index (χ1v) is 7.47. The summed E-state index contributed by atoms with van der Waals surface area (Å²) in [7, 11) is 0. The predicted molar refractivity (Wildman–Crippen MR) is 88.0 cm³/mol. The van der Waals surface area contributed by atoms with Crippen molar-refractivity contribution in [1.82, 2.24) is 4.57 Å². The number of carbonyl (C=O) groups excluding carboxylic acids is 1. The Morgan fingerprint density at radius 3 is 2.68 bits per heavy atom. The van der Waals surface area contributed by atoms with E-state index < -0.39 is 0 Å². The zero-order valence-corrected chi connectivity index (χ0v) is 12.7. The molecule has 3 aromatic rings. The predicted octanol–water partition coefficient (Wildman–Crippen LogP) is 4.20. The van der Waals surface area contributed by atoms with E-state index in [2.05, 4.69) is 28.8 Å². The third-order valence-corrected chi connectivity index (χ3v) is 3.70. The van der Waals surface area contributed by atoms with Gasteiger partial charge in [-0.15, -0.1) is 0 Å². The molecule has 112 valence electrons. The number of aromatic nitrogens is 1. The van der Waals surface area contributed by atoms with Crippen LogP contribution in [0, 0.1) is 0 Å². The van der Waals surface area contributed by atoms with Gasteiger partial charge in [-0.1, -0.05) is 30.3 Å². The molecule has 0 atom stereocenters. The SMILES string of the molecule is CC(=O)CCn1ccc2cc(OCc3ccccc3)ccc21. The number of aryl methyl sites for hydroxylation is 1. The molecule has 0 saturated heterocycles. The number of ether oxygens (including phenoxy) is 1. The molecule has 0 radical (unpaired) electrons. The van der Waals surface area contributed by atoms with E-state index in [1.54, 1.807) is 6.92 Å². The lowest BCUT2D eigenvalue weighted by molar-refractivity contribution is -0.117. The summed E-state index contributed by atoms with van der Waals surface area (Å²) in [6, 6.07) is 18.3. The number of Topliss-reactive ketones (excluding diaryl/α,β-unsaturated/α-hetero) is 1. The van der Waals surface area contributed by atoms with Crippen LogP contribution in [-0.2, 0) is 17.9 Å². The van der Waals surface area contributed by atoms with Crippen LogP contribution in [0.3, 0.4) is 0 Å². The van der Waals surface area contributed by atoms with Gasteiger partial charge < -0.3 is 9.30 Å².